The average Bonchev–Trinajstić information content (AvgIpc) is 2.78. The summed E-state index contributed by atoms with van der Waals surface area (Å²) in [5, 5.41) is 5.28. The number of hydrogen-bond donors (Lipinski definition) is 3. The van der Waals surface area contributed by atoms with Crippen LogP contribution in [0, 0.1) is 0 Å². The first-order valence-corrected chi connectivity index (χ1v) is 9.88. The third-order valence-electron chi connectivity index (χ3n) is 4.92. The second-order valence-corrected chi connectivity index (χ2v) is 9.27. The summed E-state index contributed by atoms with van der Waals surface area (Å²) in [6.45, 7) is 13.5. The number of benzene rings is 1. The molecule has 164 valence electrons. The van der Waals surface area contributed by atoms with E-state index in [9.17, 15) is 9.59 Å². The van der Waals surface area contributed by atoms with Crippen LogP contribution in [0.15, 0.2) is 29.7 Å². The van der Waals surface area contributed by atoms with Crippen molar-refractivity contribution in [1.82, 2.24) is 5.32 Å². The van der Waals surface area contributed by atoms with E-state index >= 15 is 0 Å². The molecule has 1 fully saturated rings. The number of primary amides is 1. The molecule has 4 N–H and O–H groups in total. The van der Waals surface area contributed by atoms with Crippen LogP contribution in [-0.4, -0.2) is 42.6 Å². The largest absolute Gasteiger partial charge is 0.492 e. The van der Waals surface area contributed by atoms with Crippen molar-refractivity contribution in [2.45, 2.75) is 65.3 Å². The van der Waals surface area contributed by atoms with E-state index in [4.69, 9.17) is 19.8 Å². The molecule has 0 spiro atoms. The number of rotatable bonds is 5. The summed E-state index contributed by atoms with van der Waals surface area (Å²) >= 11 is 0. The fourth-order valence-electron chi connectivity index (χ4n) is 2.70. The van der Waals surface area contributed by atoms with Crippen LogP contribution >= 0.6 is 0 Å². The lowest BCUT2D eigenvalue weighted by Gasteiger charge is -2.32. The lowest BCUT2D eigenvalue weighted by Crippen LogP contribution is -2.41. The van der Waals surface area contributed by atoms with Crippen LogP contribution in [-0.2, 0) is 14.0 Å². The number of urea groups is 1. The fraction of sp³-hybridized carbons (Fsp3) is 0.524. The molecule has 0 radical (unpaired) electrons. The van der Waals surface area contributed by atoms with Crippen molar-refractivity contribution in [2.75, 3.05) is 11.9 Å². The highest BCUT2D eigenvalue weighted by atomic mass is 16.7. The molecule has 0 aromatic heterocycles. The van der Waals surface area contributed by atoms with Gasteiger partial charge in [-0.25, -0.2) is 9.59 Å². The van der Waals surface area contributed by atoms with Crippen LogP contribution in [0.2, 0.25) is 0 Å². The van der Waals surface area contributed by atoms with Crippen molar-refractivity contribution in [3.63, 3.8) is 0 Å². The number of hydrogen-bond acceptors (Lipinski definition) is 5. The zero-order chi connectivity index (χ0) is 22.7. The number of carbonyl (C=O) groups is 2. The Balaban J connectivity index is 2.24. The van der Waals surface area contributed by atoms with Crippen molar-refractivity contribution in [2.24, 2.45) is 5.73 Å². The molecule has 0 atom stereocenters. The molecule has 0 bridgehead atoms. The molecule has 1 aromatic rings. The highest BCUT2D eigenvalue weighted by molar-refractivity contribution is 6.56. The summed E-state index contributed by atoms with van der Waals surface area (Å²) in [5.74, 6) is 0. The van der Waals surface area contributed by atoms with E-state index < -0.39 is 36.0 Å². The molecule has 1 aliphatic heterocycles. The Morgan fingerprint density at radius 2 is 1.63 bits per heavy atom. The van der Waals surface area contributed by atoms with Crippen LogP contribution in [0.3, 0.4) is 0 Å². The van der Waals surface area contributed by atoms with E-state index in [1.165, 1.54) is 0 Å². The van der Waals surface area contributed by atoms with Gasteiger partial charge in [0.2, 0.25) is 0 Å². The number of anilines is 1. The van der Waals surface area contributed by atoms with E-state index in [-0.39, 0.29) is 6.54 Å². The van der Waals surface area contributed by atoms with E-state index in [1.54, 1.807) is 32.9 Å². The number of alkyl carbamates (subject to hydrolysis) is 1. The van der Waals surface area contributed by atoms with Gasteiger partial charge in [0.1, 0.15) is 5.60 Å². The van der Waals surface area contributed by atoms with Gasteiger partial charge in [-0.1, -0.05) is 18.2 Å². The molecule has 2 rings (SSSR count). The average molecular weight is 417 g/mol. The lowest BCUT2D eigenvalue weighted by atomic mass is 9.77. The van der Waals surface area contributed by atoms with Crippen molar-refractivity contribution in [3.05, 3.63) is 35.3 Å². The highest BCUT2D eigenvalue weighted by Gasteiger charge is 2.52. The molecule has 1 aliphatic rings. The Labute approximate surface area is 178 Å². The van der Waals surface area contributed by atoms with Crippen LogP contribution in [0.1, 0.15) is 54.0 Å². The molecule has 0 saturated carbocycles. The Morgan fingerprint density at radius 1 is 1.10 bits per heavy atom. The molecule has 30 heavy (non-hydrogen) atoms. The third kappa shape index (κ3) is 6.50. The first kappa shape index (κ1) is 23.8. The molecular formula is C21H32BN3O5. The molecule has 1 aromatic carbocycles. The highest BCUT2D eigenvalue weighted by Crippen LogP contribution is 2.38. The number of carbonyl (C=O) groups excluding carboxylic acids is 2. The maximum Gasteiger partial charge on any atom is 0.492 e. The predicted molar refractivity (Wildman–Crippen MR) is 118 cm³/mol. The summed E-state index contributed by atoms with van der Waals surface area (Å²) in [7, 11) is -0.631. The van der Waals surface area contributed by atoms with E-state index in [0.29, 0.717) is 5.69 Å². The molecule has 1 saturated heterocycles. The molecule has 8 nitrogen and oxygen atoms in total. The molecule has 3 amide bonds. The normalized spacial score (nSPS) is 18.1. The zero-order valence-corrected chi connectivity index (χ0v) is 18.8. The Hall–Kier alpha value is -2.52. The topological polar surface area (TPSA) is 112 Å². The quantitative estimate of drug-likeness (QED) is 0.633. The fourth-order valence-corrected chi connectivity index (χ4v) is 2.70. The zero-order valence-electron chi connectivity index (χ0n) is 18.8. The van der Waals surface area contributed by atoms with Gasteiger partial charge in [0, 0.05) is 12.2 Å². The van der Waals surface area contributed by atoms with Crippen molar-refractivity contribution < 1.29 is 23.6 Å². The second-order valence-electron chi connectivity index (χ2n) is 9.27. The number of amides is 3. The van der Waals surface area contributed by atoms with Gasteiger partial charge >= 0.3 is 19.2 Å². The Bertz CT molecular complexity index is 797. The van der Waals surface area contributed by atoms with Gasteiger partial charge in [-0.05, 0) is 71.6 Å². The first-order chi connectivity index (χ1) is 13.7. The van der Waals surface area contributed by atoms with Crippen molar-refractivity contribution in [1.29, 1.82) is 0 Å². The van der Waals surface area contributed by atoms with Crippen molar-refractivity contribution >= 4 is 31.0 Å². The standard InChI is InChI=1S/C21H32BN3O5/c1-19(2,3)28-18(27)24-13-15(22-29-20(4,5)21(6,7)30-22)12-14-8-10-16(11-9-14)25-17(23)26/h8-12H,13H2,1-7H3,(H,24,27)(H3,23,25,26). The summed E-state index contributed by atoms with van der Waals surface area (Å²) in [4.78, 5) is 23.1. The minimum absolute atomic E-state index is 0.188. The lowest BCUT2D eigenvalue weighted by molar-refractivity contribution is 0.00578. The van der Waals surface area contributed by atoms with Crippen LogP contribution in [0.5, 0.6) is 0 Å². The molecule has 0 aliphatic carbocycles. The van der Waals surface area contributed by atoms with Gasteiger partial charge in [-0.3, -0.25) is 0 Å². The summed E-state index contributed by atoms with van der Waals surface area (Å²) in [6, 6.07) is 6.49. The maximum atomic E-state index is 12.1. The summed E-state index contributed by atoms with van der Waals surface area (Å²) in [5.41, 5.74) is 5.68. The third-order valence-corrected chi connectivity index (χ3v) is 4.92. The number of nitrogens with two attached hydrogens (primary N) is 1. The summed E-state index contributed by atoms with van der Waals surface area (Å²) in [6.07, 6.45) is 1.36. The van der Waals surface area contributed by atoms with Crippen molar-refractivity contribution in [3.8, 4) is 0 Å². The molecule has 0 unspecified atom stereocenters. The van der Waals surface area contributed by atoms with Gasteiger partial charge in [0.25, 0.3) is 0 Å². The van der Waals surface area contributed by atoms with Gasteiger partial charge in [0.05, 0.1) is 11.2 Å². The minimum Gasteiger partial charge on any atom is -0.444 e. The smallest absolute Gasteiger partial charge is 0.444 e. The minimum atomic E-state index is -0.631. The van der Waals surface area contributed by atoms with Gasteiger partial charge in [-0.2, -0.15) is 0 Å². The van der Waals surface area contributed by atoms with Crippen LogP contribution in [0.25, 0.3) is 6.08 Å². The van der Waals surface area contributed by atoms with E-state index in [0.717, 1.165) is 11.0 Å². The van der Waals surface area contributed by atoms with Crippen LogP contribution < -0.4 is 16.4 Å². The van der Waals surface area contributed by atoms with E-state index in [1.807, 2.05) is 45.9 Å². The molecular weight excluding hydrogens is 385 g/mol. The maximum absolute atomic E-state index is 12.1. The molecule has 9 heteroatoms. The predicted octanol–water partition coefficient (Wildman–Crippen LogP) is 3.72. The van der Waals surface area contributed by atoms with Crippen LogP contribution in [0.4, 0.5) is 15.3 Å². The van der Waals surface area contributed by atoms with Gasteiger partial charge < -0.3 is 30.4 Å². The van der Waals surface area contributed by atoms with Gasteiger partial charge in [0.15, 0.2) is 0 Å². The molecule has 1 heterocycles. The van der Waals surface area contributed by atoms with E-state index in [2.05, 4.69) is 10.6 Å². The number of ether oxygens (including phenoxy) is 1. The Kier molecular flexibility index (Phi) is 6.88. The monoisotopic (exact) mass is 417 g/mol. The first-order valence-electron chi connectivity index (χ1n) is 9.88. The summed E-state index contributed by atoms with van der Waals surface area (Å²) < 4.78 is 17.6. The second kappa shape index (κ2) is 8.69. The SMILES string of the molecule is CC(C)(C)OC(=O)NCC(=Cc1ccc(NC(N)=O)cc1)B1OC(C)(C)C(C)(C)O1. The number of nitrogens with one attached hydrogen (secondary N) is 2. The van der Waals surface area contributed by atoms with Gasteiger partial charge in [-0.15, -0.1) is 0 Å². The Morgan fingerprint density at radius 3 is 2.10 bits per heavy atom.